The summed E-state index contributed by atoms with van der Waals surface area (Å²) in [6.45, 7) is 8.88. The fourth-order valence-electron chi connectivity index (χ4n) is 1.51. The molecule has 2 N–H and O–H groups in total. The van der Waals surface area contributed by atoms with Crippen molar-refractivity contribution in [3.63, 3.8) is 0 Å². The summed E-state index contributed by atoms with van der Waals surface area (Å²) in [5.41, 5.74) is 1.63. The van der Waals surface area contributed by atoms with Gasteiger partial charge in [0.15, 0.2) is 0 Å². The van der Waals surface area contributed by atoms with Gasteiger partial charge in [-0.3, -0.25) is 0 Å². The Kier molecular flexibility index (Phi) is 4.82. The van der Waals surface area contributed by atoms with E-state index < -0.39 is 0 Å². The fraction of sp³-hybridized carbons (Fsp3) is 0.750. The Morgan fingerprint density at radius 1 is 1.33 bits per heavy atom. The first-order valence-corrected chi connectivity index (χ1v) is 5.76. The van der Waals surface area contributed by atoms with Gasteiger partial charge in [-0.2, -0.15) is 0 Å². The van der Waals surface area contributed by atoms with E-state index in [1.54, 1.807) is 6.33 Å². The molecule has 0 unspecified atom stereocenters. The molecule has 0 fully saturated rings. The fourth-order valence-corrected chi connectivity index (χ4v) is 1.51. The van der Waals surface area contributed by atoms with E-state index in [2.05, 4.69) is 36.1 Å². The van der Waals surface area contributed by atoms with Crippen molar-refractivity contribution in [2.24, 2.45) is 5.41 Å². The average Bonchev–Trinajstić information content (AvgIpc) is 2.61. The van der Waals surface area contributed by atoms with Gasteiger partial charge in [-0.15, -0.1) is 0 Å². The van der Waals surface area contributed by atoms with Gasteiger partial charge in [-0.1, -0.05) is 27.2 Å². The summed E-state index contributed by atoms with van der Waals surface area (Å²) in [4.78, 5) is 7.05. The SMILES string of the molecule is CC(C)(C)CCCCNCc1cnc[nH]1. The Morgan fingerprint density at radius 2 is 2.13 bits per heavy atom. The Labute approximate surface area is 92.7 Å². The lowest BCUT2D eigenvalue weighted by atomic mass is 9.90. The standard InChI is InChI=1S/C12H23N3/c1-12(2,3)6-4-5-7-13-8-11-9-14-10-15-11/h9-10,13H,4-8H2,1-3H3,(H,14,15). The van der Waals surface area contributed by atoms with Gasteiger partial charge in [0.05, 0.1) is 6.33 Å². The number of nitrogens with one attached hydrogen (secondary N) is 2. The number of imidazole rings is 1. The number of nitrogens with zero attached hydrogens (tertiary/aromatic N) is 1. The van der Waals surface area contributed by atoms with Gasteiger partial charge in [0.25, 0.3) is 0 Å². The Hall–Kier alpha value is -0.830. The second kappa shape index (κ2) is 5.91. The molecule has 0 saturated heterocycles. The molecule has 1 aromatic heterocycles. The van der Waals surface area contributed by atoms with E-state index in [0.29, 0.717) is 5.41 Å². The maximum Gasteiger partial charge on any atom is 0.0922 e. The molecule has 0 saturated carbocycles. The van der Waals surface area contributed by atoms with Gasteiger partial charge in [-0.05, 0) is 24.8 Å². The van der Waals surface area contributed by atoms with Crippen molar-refractivity contribution in [3.8, 4) is 0 Å². The zero-order valence-corrected chi connectivity index (χ0v) is 10.1. The first kappa shape index (κ1) is 12.2. The second-order valence-electron chi connectivity index (χ2n) is 5.27. The van der Waals surface area contributed by atoms with Gasteiger partial charge >= 0.3 is 0 Å². The van der Waals surface area contributed by atoms with E-state index in [1.807, 2.05) is 6.20 Å². The van der Waals surface area contributed by atoms with Gasteiger partial charge in [0, 0.05) is 18.4 Å². The lowest BCUT2D eigenvalue weighted by Crippen LogP contribution is -2.15. The van der Waals surface area contributed by atoms with Crippen LogP contribution in [0, 0.1) is 5.41 Å². The molecule has 0 aromatic carbocycles. The van der Waals surface area contributed by atoms with E-state index in [9.17, 15) is 0 Å². The minimum Gasteiger partial charge on any atom is -0.347 e. The largest absolute Gasteiger partial charge is 0.347 e. The molecule has 1 aromatic rings. The van der Waals surface area contributed by atoms with Crippen LogP contribution >= 0.6 is 0 Å². The molecule has 3 heteroatoms. The maximum absolute atomic E-state index is 3.97. The predicted octanol–water partition coefficient (Wildman–Crippen LogP) is 2.72. The molecular formula is C12H23N3. The third-order valence-corrected chi connectivity index (χ3v) is 2.40. The lowest BCUT2D eigenvalue weighted by Gasteiger charge is -2.17. The number of aromatic nitrogens is 2. The molecule has 1 heterocycles. The first-order chi connectivity index (χ1) is 7.08. The highest BCUT2D eigenvalue weighted by Crippen LogP contribution is 2.21. The molecule has 0 radical (unpaired) electrons. The van der Waals surface area contributed by atoms with Crippen molar-refractivity contribution in [1.29, 1.82) is 0 Å². The van der Waals surface area contributed by atoms with Crippen LogP contribution in [-0.2, 0) is 6.54 Å². The Bertz CT molecular complexity index is 246. The molecule has 0 spiro atoms. The predicted molar refractivity (Wildman–Crippen MR) is 63.6 cm³/mol. The molecular weight excluding hydrogens is 186 g/mol. The number of unbranched alkanes of at least 4 members (excludes halogenated alkanes) is 1. The summed E-state index contributed by atoms with van der Waals surface area (Å²) >= 11 is 0. The summed E-state index contributed by atoms with van der Waals surface area (Å²) in [7, 11) is 0. The molecule has 3 nitrogen and oxygen atoms in total. The highest BCUT2D eigenvalue weighted by Gasteiger charge is 2.08. The molecule has 86 valence electrons. The third kappa shape index (κ3) is 6.28. The molecule has 0 amide bonds. The van der Waals surface area contributed by atoms with Gasteiger partial charge in [0.1, 0.15) is 0 Å². The van der Waals surface area contributed by atoms with Crippen LogP contribution in [0.1, 0.15) is 45.7 Å². The van der Waals surface area contributed by atoms with Crippen molar-refractivity contribution in [1.82, 2.24) is 15.3 Å². The van der Waals surface area contributed by atoms with Crippen LogP contribution in [0.2, 0.25) is 0 Å². The number of hydrogen-bond acceptors (Lipinski definition) is 2. The molecule has 0 aliphatic carbocycles. The summed E-state index contributed by atoms with van der Waals surface area (Å²) in [6, 6.07) is 0. The average molecular weight is 209 g/mol. The van der Waals surface area contributed by atoms with E-state index in [4.69, 9.17) is 0 Å². The monoisotopic (exact) mass is 209 g/mol. The summed E-state index contributed by atoms with van der Waals surface area (Å²) < 4.78 is 0. The van der Waals surface area contributed by atoms with Gasteiger partial charge in [-0.25, -0.2) is 4.98 Å². The number of aromatic amines is 1. The van der Waals surface area contributed by atoms with E-state index in [1.165, 1.54) is 19.3 Å². The molecule has 0 bridgehead atoms. The second-order valence-corrected chi connectivity index (χ2v) is 5.27. The van der Waals surface area contributed by atoms with Crippen LogP contribution in [0.15, 0.2) is 12.5 Å². The molecule has 15 heavy (non-hydrogen) atoms. The summed E-state index contributed by atoms with van der Waals surface area (Å²) in [5.74, 6) is 0. The topological polar surface area (TPSA) is 40.7 Å². The smallest absolute Gasteiger partial charge is 0.0922 e. The summed E-state index contributed by atoms with van der Waals surface area (Å²) in [5, 5.41) is 3.40. The zero-order chi connectivity index (χ0) is 11.1. The van der Waals surface area contributed by atoms with Crippen molar-refractivity contribution >= 4 is 0 Å². The van der Waals surface area contributed by atoms with Crippen molar-refractivity contribution in [2.75, 3.05) is 6.54 Å². The normalized spacial score (nSPS) is 11.9. The minimum atomic E-state index is 0.476. The molecule has 0 atom stereocenters. The van der Waals surface area contributed by atoms with Crippen molar-refractivity contribution in [3.05, 3.63) is 18.2 Å². The Balaban J connectivity index is 1.94. The summed E-state index contributed by atoms with van der Waals surface area (Å²) in [6.07, 6.45) is 7.45. The van der Waals surface area contributed by atoms with E-state index in [0.717, 1.165) is 18.8 Å². The van der Waals surface area contributed by atoms with Gasteiger partial charge in [0.2, 0.25) is 0 Å². The maximum atomic E-state index is 3.97. The third-order valence-electron chi connectivity index (χ3n) is 2.40. The van der Waals surface area contributed by atoms with Crippen LogP contribution in [-0.4, -0.2) is 16.5 Å². The highest BCUT2D eigenvalue weighted by molar-refractivity contribution is 4.92. The number of hydrogen-bond donors (Lipinski definition) is 2. The van der Waals surface area contributed by atoms with E-state index in [-0.39, 0.29) is 0 Å². The van der Waals surface area contributed by atoms with Crippen LogP contribution in [0.4, 0.5) is 0 Å². The van der Waals surface area contributed by atoms with Crippen LogP contribution < -0.4 is 5.32 Å². The molecule has 1 rings (SSSR count). The number of H-pyrrole nitrogens is 1. The van der Waals surface area contributed by atoms with E-state index >= 15 is 0 Å². The van der Waals surface area contributed by atoms with Crippen LogP contribution in [0.25, 0.3) is 0 Å². The highest BCUT2D eigenvalue weighted by atomic mass is 14.9. The molecule has 0 aliphatic rings. The Morgan fingerprint density at radius 3 is 2.73 bits per heavy atom. The first-order valence-electron chi connectivity index (χ1n) is 5.76. The van der Waals surface area contributed by atoms with Crippen LogP contribution in [0.3, 0.4) is 0 Å². The van der Waals surface area contributed by atoms with Gasteiger partial charge < -0.3 is 10.3 Å². The minimum absolute atomic E-state index is 0.476. The molecule has 0 aliphatic heterocycles. The van der Waals surface area contributed by atoms with Crippen LogP contribution in [0.5, 0.6) is 0 Å². The quantitative estimate of drug-likeness (QED) is 0.707. The van der Waals surface area contributed by atoms with Crippen molar-refractivity contribution in [2.45, 2.75) is 46.6 Å². The zero-order valence-electron chi connectivity index (χ0n) is 10.1. The lowest BCUT2D eigenvalue weighted by molar-refractivity contribution is 0.358. The van der Waals surface area contributed by atoms with Crippen molar-refractivity contribution < 1.29 is 0 Å². The number of rotatable bonds is 6.